The van der Waals surface area contributed by atoms with Crippen LogP contribution >= 0.6 is 11.3 Å². The van der Waals surface area contributed by atoms with E-state index in [-0.39, 0.29) is 29.3 Å². The van der Waals surface area contributed by atoms with Gasteiger partial charge in [0, 0.05) is 63.2 Å². The fraction of sp³-hybridized carbons (Fsp3) is 0.370. The summed E-state index contributed by atoms with van der Waals surface area (Å²) < 4.78 is 0. The smallest absolute Gasteiger partial charge is 0.272 e. The molecule has 3 N–H and O–H groups in total. The number of H-pyrrole nitrogens is 1. The van der Waals surface area contributed by atoms with Crippen molar-refractivity contribution < 1.29 is 14.4 Å². The Bertz CT molecular complexity index is 1560. The number of nitrogens with zero attached hydrogens (tertiary/aromatic N) is 7. The summed E-state index contributed by atoms with van der Waals surface area (Å²) in [7, 11) is 1.55. The maximum Gasteiger partial charge on any atom is 0.272 e. The van der Waals surface area contributed by atoms with Crippen LogP contribution in [-0.4, -0.2) is 106 Å². The molecule has 4 aromatic rings. The lowest BCUT2D eigenvalue weighted by Crippen LogP contribution is -2.51. The molecule has 0 bridgehead atoms. The van der Waals surface area contributed by atoms with E-state index in [0.717, 1.165) is 10.0 Å². The number of benzene rings is 1. The molecule has 0 unspecified atom stereocenters. The van der Waals surface area contributed by atoms with Crippen LogP contribution in [0.4, 0.5) is 10.8 Å². The molecule has 0 radical (unpaired) electrons. The van der Waals surface area contributed by atoms with Gasteiger partial charge in [-0.2, -0.15) is 5.10 Å². The van der Waals surface area contributed by atoms with Crippen LogP contribution in [0, 0.1) is 5.92 Å². The molecule has 0 aliphatic carbocycles. The monoisotopic (exact) mass is 574 g/mol. The van der Waals surface area contributed by atoms with E-state index >= 15 is 0 Å². The minimum absolute atomic E-state index is 0.0790. The van der Waals surface area contributed by atoms with Crippen molar-refractivity contribution in [2.45, 2.75) is 6.42 Å². The zero-order valence-corrected chi connectivity index (χ0v) is 23.4. The van der Waals surface area contributed by atoms with Crippen molar-refractivity contribution in [3.05, 3.63) is 48.5 Å². The fourth-order valence-corrected chi connectivity index (χ4v) is 6.11. The number of nitrogens with one attached hydrogen (secondary N) is 3. The van der Waals surface area contributed by atoms with Crippen molar-refractivity contribution in [2.75, 3.05) is 63.1 Å². The van der Waals surface area contributed by atoms with Gasteiger partial charge in [0.1, 0.15) is 0 Å². The molecule has 5 heterocycles. The SMILES string of the molecule is CNC(=O)c1n[nH]c2ccc(NC(=O)[C@@H]3CCN(CC(=O)N4CCN(c5ncc(-c6ncccn6)s5)CC4)C3)cc12. The van der Waals surface area contributed by atoms with Gasteiger partial charge in [-0.1, -0.05) is 11.3 Å². The zero-order valence-electron chi connectivity index (χ0n) is 22.5. The summed E-state index contributed by atoms with van der Waals surface area (Å²) in [5, 5.41) is 14.0. The number of rotatable bonds is 7. The quantitative estimate of drug-likeness (QED) is 0.298. The van der Waals surface area contributed by atoms with Crippen molar-refractivity contribution in [1.82, 2.24) is 40.3 Å². The minimum Gasteiger partial charge on any atom is -0.354 e. The zero-order chi connectivity index (χ0) is 28.3. The Morgan fingerprint density at radius 2 is 1.88 bits per heavy atom. The molecular formula is C27H30N10O3S. The molecule has 3 aromatic heterocycles. The molecule has 2 aliphatic rings. The highest BCUT2D eigenvalue weighted by Gasteiger charge is 2.31. The number of amides is 3. The maximum absolute atomic E-state index is 13.1. The second kappa shape index (κ2) is 11.6. The third-order valence-corrected chi connectivity index (χ3v) is 8.51. The number of piperazine rings is 1. The molecule has 2 aliphatic heterocycles. The third kappa shape index (κ3) is 5.74. The van der Waals surface area contributed by atoms with Crippen molar-refractivity contribution in [3.63, 3.8) is 0 Å². The summed E-state index contributed by atoms with van der Waals surface area (Å²) in [6, 6.07) is 7.10. The molecule has 0 saturated carbocycles. The Labute approximate surface area is 240 Å². The number of aromatic nitrogens is 5. The summed E-state index contributed by atoms with van der Waals surface area (Å²) in [4.78, 5) is 58.3. The van der Waals surface area contributed by atoms with Crippen molar-refractivity contribution in [3.8, 4) is 10.7 Å². The first-order valence-electron chi connectivity index (χ1n) is 13.5. The van der Waals surface area contributed by atoms with E-state index in [1.54, 1.807) is 61.2 Å². The number of likely N-dealkylation sites (tertiary alicyclic amines) is 1. The van der Waals surface area contributed by atoms with Gasteiger partial charge in [0.05, 0.1) is 29.1 Å². The van der Waals surface area contributed by atoms with E-state index in [1.807, 2.05) is 4.90 Å². The summed E-state index contributed by atoms with van der Waals surface area (Å²) in [5.41, 5.74) is 1.60. The average Bonchev–Trinajstić information content (AvgIpc) is 3.77. The van der Waals surface area contributed by atoms with Crippen molar-refractivity contribution in [1.29, 1.82) is 0 Å². The second-order valence-electron chi connectivity index (χ2n) is 10.1. The van der Waals surface area contributed by atoms with Crippen molar-refractivity contribution >= 4 is 50.8 Å². The number of hydrogen-bond acceptors (Lipinski definition) is 10. The van der Waals surface area contributed by atoms with Crippen LogP contribution in [0.1, 0.15) is 16.9 Å². The van der Waals surface area contributed by atoms with Gasteiger partial charge < -0.3 is 20.4 Å². The number of fused-ring (bicyclic) bond motifs is 1. The summed E-state index contributed by atoms with van der Waals surface area (Å²) in [6.45, 7) is 4.19. The first-order chi connectivity index (χ1) is 20.0. The Morgan fingerprint density at radius 3 is 2.66 bits per heavy atom. The highest BCUT2D eigenvalue weighted by Crippen LogP contribution is 2.29. The molecule has 6 rings (SSSR count). The number of carbonyl (C=O) groups is 3. The van der Waals surface area contributed by atoms with Crippen LogP contribution < -0.4 is 15.5 Å². The summed E-state index contributed by atoms with van der Waals surface area (Å²) in [6.07, 6.45) is 5.91. The lowest BCUT2D eigenvalue weighted by Gasteiger charge is -2.35. The standard InChI is InChI=1S/C27H30N10O3S/c1-28-26(40)23-19-13-18(3-4-20(19)33-34-23)32-25(39)17-5-8-35(15-17)16-22(38)36-9-11-37(12-10-36)27-31-14-21(41-27)24-29-6-2-7-30-24/h2-4,6-7,13-14,17H,5,8-12,15-16H2,1H3,(H,28,40)(H,32,39)(H,33,34)/t17-/m1/s1. The Hall–Kier alpha value is -4.43. The number of hydrogen-bond donors (Lipinski definition) is 3. The van der Waals surface area contributed by atoms with Gasteiger partial charge in [-0.05, 0) is 37.2 Å². The van der Waals surface area contributed by atoms with E-state index in [9.17, 15) is 14.4 Å². The lowest BCUT2D eigenvalue weighted by atomic mass is 10.1. The molecular weight excluding hydrogens is 544 g/mol. The molecule has 2 fully saturated rings. The van der Waals surface area contributed by atoms with Crippen LogP contribution in [0.3, 0.4) is 0 Å². The Kier molecular flexibility index (Phi) is 7.57. The van der Waals surface area contributed by atoms with E-state index in [1.165, 1.54) is 0 Å². The fourth-order valence-electron chi connectivity index (χ4n) is 5.20. The Balaban J connectivity index is 0.982. The second-order valence-corrected chi connectivity index (χ2v) is 11.1. The molecule has 3 amide bonds. The molecule has 13 nitrogen and oxygen atoms in total. The molecule has 212 valence electrons. The molecule has 1 aromatic carbocycles. The predicted octanol–water partition coefficient (Wildman–Crippen LogP) is 1.45. The highest BCUT2D eigenvalue weighted by molar-refractivity contribution is 7.18. The van der Waals surface area contributed by atoms with Gasteiger partial charge in [0.25, 0.3) is 5.91 Å². The molecule has 14 heteroatoms. The van der Waals surface area contributed by atoms with Gasteiger partial charge >= 0.3 is 0 Å². The van der Waals surface area contributed by atoms with Gasteiger partial charge in [-0.15, -0.1) is 0 Å². The minimum atomic E-state index is -0.298. The molecule has 0 spiro atoms. The Morgan fingerprint density at radius 1 is 1.07 bits per heavy atom. The third-order valence-electron chi connectivity index (χ3n) is 7.46. The van der Waals surface area contributed by atoms with Crippen LogP contribution in [0.5, 0.6) is 0 Å². The number of carbonyl (C=O) groups excluding carboxylic acids is 3. The first kappa shape index (κ1) is 26.8. The van der Waals surface area contributed by atoms with Gasteiger partial charge in [0.2, 0.25) is 11.8 Å². The van der Waals surface area contributed by atoms with Gasteiger partial charge in [-0.25, -0.2) is 15.0 Å². The average molecular weight is 575 g/mol. The van der Waals surface area contributed by atoms with E-state index in [4.69, 9.17) is 0 Å². The topological polar surface area (TPSA) is 152 Å². The van der Waals surface area contributed by atoms with Crippen molar-refractivity contribution in [2.24, 2.45) is 5.92 Å². The van der Waals surface area contributed by atoms with E-state index < -0.39 is 0 Å². The lowest BCUT2D eigenvalue weighted by molar-refractivity contribution is -0.132. The maximum atomic E-state index is 13.1. The summed E-state index contributed by atoms with van der Waals surface area (Å²) in [5.74, 6) is 0.132. The normalized spacial score (nSPS) is 17.6. The number of aromatic amines is 1. The van der Waals surface area contributed by atoms with Crippen LogP contribution in [0.25, 0.3) is 21.6 Å². The largest absolute Gasteiger partial charge is 0.354 e. The van der Waals surface area contributed by atoms with E-state index in [2.05, 4.69) is 45.6 Å². The number of thiazole rings is 1. The molecule has 1 atom stereocenters. The highest BCUT2D eigenvalue weighted by atomic mass is 32.1. The first-order valence-corrected chi connectivity index (χ1v) is 14.3. The van der Waals surface area contributed by atoms with E-state index in [0.29, 0.717) is 74.6 Å². The van der Waals surface area contributed by atoms with Crippen LogP contribution in [-0.2, 0) is 9.59 Å². The van der Waals surface area contributed by atoms with Crippen LogP contribution in [0.15, 0.2) is 42.9 Å². The van der Waals surface area contributed by atoms with Gasteiger partial charge in [-0.3, -0.25) is 24.4 Å². The predicted molar refractivity (Wildman–Crippen MR) is 155 cm³/mol. The number of anilines is 2. The van der Waals surface area contributed by atoms with Crippen LogP contribution in [0.2, 0.25) is 0 Å². The molecule has 41 heavy (non-hydrogen) atoms. The summed E-state index contributed by atoms with van der Waals surface area (Å²) >= 11 is 1.55. The van der Waals surface area contributed by atoms with Gasteiger partial charge in [0.15, 0.2) is 16.6 Å². The molecule has 2 saturated heterocycles.